The molecule has 0 aliphatic carbocycles. The van der Waals surface area contributed by atoms with Crippen molar-refractivity contribution in [3.63, 3.8) is 0 Å². The van der Waals surface area contributed by atoms with E-state index >= 15 is 0 Å². The summed E-state index contributed by atoms with van der Waals surface area (Å²) in [6.45, 7) is 1.35. The predicted octanol–water partition coefficient (Wildman–Crippen LogP) is 3.82. The quantitative estimate of drug-likeness (QED) is 0.937. The average molecular weight is 309 g/mol. The fraction of sp³-hybridized carbons (Fsp3) is 0.211. The first kappa shape index (κ1) is 15.2. The van der Waals surface area contributed by atoms with Gasteiger partial charge in [-0.15, -0.1) is 0 Å². The van der Waals surface area contributed by atoms with E-state index in [9.17, 15) is 9.90 Å². The number of benzene rings is 2. The second kappa shape index (κ2) is 7.01. The van der Waals surface area contributed by atoms with Gasteiger partial charge in [-0.3, -0.25) is 0 Å². The SMILES string of the molecule is O=C(OCc1ccccc1)N1CCC=C(c2ccccc2O)C1. The number of carbonyl (C=O) groups is 1. The minimum Gasteiger partial charge on any atom is -0.507 e. The fourth-order valence-corrected chi connectivity index (χ4v) is 2.65. The third-order valence-electron chi connectivity index (χ3n) is 3.86. The van der Waals surface area contributed by atoms with Crippen LogP contribution in [-0.2, 0) is 11.3 Å². The second-order valence-corrected chi connectivity index (χ2v) is 5.50. The molecule has 1 N–H and O–H groups in total. The van der Waals surface area contributed by atoms with Gasteiger partial charge in [0.05, 0.1) is 0 Å². The Bertz CT molecular complexity index is 710. The monoisotopic (exact) mass is 309 g/mol. The van der Waals surface area contributed by atoms with E-state index in [-0.39, 0.29) is 18.4 Å². The van der Waals surface area contributed by atoms with Crippen LogP contribution < -0.4 is 0 Å². The van der Waals surface area contributed by atoms with Gasteiger partial charge in [0.1, 0.15) is 12.4 Å². The lowest BCUT2D eigenvalue weighted by Crippen LogP contribution is -2.35. The van der Waals surface area contributed by atoms with Gasteiger partial charge in [-0.05, 0) is 23.6 Å². The number of phenols is 1. The van der Waals surface area contributed by atoms with Crippen LogP contribution in [0.3, 0.4) is 0 Å². The van der Waals surface area contributed by atoms with Crippen molar-refractivity contribution in [1.29, 1.82) is 0 Å². The van der Waals surface area contributed by atoms with Gasteiger partial charge >= 0.3 is 6.09 Å². The summed E-state index contributed by atoms with van der Waals surface area (Å²) < 4.78 is 5.38. The van der Waals surface area contributed by atoms with E-state index in [0.29, 0.717) is 13.1 Å². The molecule has 1 heterocycles. The zero-order valence-electron chi connectivity index (χ0n) is 12.8. The molecule has 0 radical (unpaired) electrons. The second-order valence-electron chi connectivity index (χ2n) is 5.50. The van der Waals surface area contributed by atoms with Crippen molar-refractivity contribution >= 4 is 11.7 Å². The summed E-state index contributed by atoms with van der Waals surface area (Å²) in [7, 11) is 0. The largest absolute Gasteiger partial charge is 0.507 e. The highest BCUT2D eigenvalue weighted by molar-refractivity contribution is 5.77. The zero-order valence-corrected chi connectivity index (χ0v) is 12.8. The molecule has 4 nitrogen and oxygen atoms in total. The molecular weight excluding hydrogens is 290 g/mol. The van der Waals surface area contributed by atoms with E-state index in [4.69, 9.17) is 4.74 Å². The minimum atomic E-state index is -0.324. The molecule has 23 heavy (non-hydrogen) atoms. The number of rotatable bonds is 3. The number of amides is 1. The molecule has 0 fully saturated rings. The van der Waals surface area contributed by atoms with Gasteiger partial charge < -0.3 is 14.7 Å². The molecule has 0 spiro atoms. The zero-order chi connectivity index (χ0) is 16.1. The highest BCUT2D eigenvalue weighted by Crippen LogP contribution is 2.28. The Morgan fingerprint density at radius 2 is 1.83 bits per heavy atom. The van der Waals surface area contributed by atoms with Gasteiger partial charge in [-0.25, -0.2) is 4.79 Å². The Morgan fingerprint density at radius 3 is 2.61 bits per heavy atom. The van der Waals surface area contributed by atoms with Crippen LogP contribution in [0.2, 0.25) is 0 Å². The van der Waals surface area contributed by atoms with E-state index in [1.165, 1.54) is 0 Å². The fourth-order valence-electron chi connectivity index (χ4n) is 2.65. The number of hydrogen-bond donors (Lipinski definition) is 1. The summed E-state index contributed by atoms with van der Waals surface area (Å²) >= 11 is 0. The smallest absolute Gasteiger partial charge is 0.410 e. The summed E-state index contributed by atoms with van der Waals surface area (Å²) in [5.41, 5.74) is 2.69. The van der Waals surface area contributed by atoms with E-state index < -0.39 is 0 Å². The topological polar surface area (TPSA) is 49.8 Å². The molecule has 1 aliphatic rings. The molecule has 2 aromatic carbocycles. The van der Waals surface area contributed by atoms with Crippen LogP contribution in [0, 0.1) is 0 Å². The molecule has 118 valence electrons. The first-order chi connectivity index (χ1) is 11.2. The Labute approximate surface area is 135 Å². The first-order valence-electron chi connectivity index (χ1n) is 7.67. The van der Waals surface area contributed by atoms with Crippen LogP contribution in [0.25, 0.3) is 5.57 Å². The molecule has 4 heteroatoms. The molecular formula is C19H19NO3. The van der Waals surface area contributed by atoms with E-state index in [1.807, 2.05) is 42.5 Å². The Balaban J connectivity index is 1.62. The van der Waals surface area contributed by atoms with Gasteiger partial charge in [-0.2, -0.15) is 0 Å². The van der Waals surface area contributed by atoms with Gasteiger partial charge in [-0.1, -0.05) is 54.6 Å². The van der Waals surface area contributed by atoms with Crippen LogP contribution in [0.15, 0.2) is 60.7 Å². The van der Waals surface area contributed by atoms with Gasteiger partial charge in [0.15, 0.2) is 0 Å². The highest BCUT2D eigenvalue weighted by Gasteiger charge is 2.21. The molecule has 0 atom stereocenters. The molecule has 1 amide bonds. The Hall–Kier alpha value is -2.75. The summed E-state index contributed by atoms with van der Waals surface area (Å²) in [5.74, 6) is 0.234. The normalized spacial score (nSPS) is 14.3. The van der Waals surface area contributed by atoms with Gasteiger partial charge in [0.2, 0.25) is 0 Å². The summed E-state index contributed by atoms with van der Waals surface area (Å²) in [4.78, 5) is 13.9. The lowest BCUT2D eigenvalue weighted by atomic mass is 10.0. The van der Waals surface area contributed by atoms with Crippen molar-refractivity contribution in [2.45, 2.75) is 13.0 Å². The number of carbonyl (C=O) groups excluding carboxylic acids is 1. The van der Waals surface area contributed by atoms with Gasteiger partial charge in [0, 0.05) is 18.7 Å². The van der Waals surface area contributed by atoms with Crippen LogP contribution in [0.1, 0.15) is 17.5 Å². The Kier molecular flexibility index (Phi) is 4.62. The number of nitrogens with zero attached hydrogens (tertiary/aromatic N) is 1. The lowest BCUT2D eigenvalue weighted by molar-refractivity contribution is 0.100. The van der Waals surface area contributed by atoms with Crippen LogP contribution in [-0.4, -0.2) is 29.2 Å². The summed E-state index contributed by atoms with van der Waals surface area (Å²) in [6.07, 6.45) is 2.50. The highest BCUT2D eigenvalue weighted by atomic mass is 16.6. The van der Waals surface area contributed by atoms with Crippen molar-refractivity contribution in [2.75, 3.05) is 13.1 Å². The standard InChI is InChI=1S/C19H19NO3/c21-18-11-5-4-10-17(18)16-9-6-12-20(13-16)19(22)23-14-15-7-2-1-3-8-15/h1-5,7-11,21H,6,12-14H2. The van der Waals surface area contributed by atoms with E-state index in [0.717, 1.165) is 23.1 Å². The molecule has 1 aliphatic heterocycles. The third kappa shape index (κ3) is 3.72. The molecule has 0 bridgehead atoms. The molecule has 0 aromatic heterocycles. The number of hydrogen-bond acceptors (Lipinski definition) is 3. The third-order valence-corrected chi connectivity index (χ3v) is 3.86. The average Bonchev–Trinajstić information content (AvgIpc) is 2.61. The molecule has 0 unspecified atom stereocenters. The maximum absolute atomic E-state index is 12.2. The predicted molar refractivity (Wildman–Crippen MR) is 88.9 cm³/mol. The summed E-state index contributed by atoms with van der Waals surface area (Å²) in [5, 5.41) is 9.96. The van der Waals surface area contributed by atoms with Crippen molar-refractivity contribution < 1.29 is 14.6 Å². The van der Waals surface area contributed by atoms with Crippen molar-refractivity contribution in [1.82, 2.24) is 4.90 Å². The molecule has 0 saturated carbocycles. The number of ether oxygens (including phenoxy) is 1. The molecule has 0 saturated heterocycles. The van der Waals surface area contributed by atoms with Crippen LogP contribution in [0.5, 0.6) is 5.75 Å². The number of aromatic hydroxyl groups is 1. The molecule has 2 aromatic rings. The van der Waals surface area contributed by atoms with Gasteiger partial charge in [0.25, 0.3) is 0 Å². The number of para-hydroxylation sites is 1. The number of phenolic OH excluding ortho intramolecular Hbond substituents is 1. The van der Waals surface area contributed by atoms with Crippen molar-refractivity contribution in [2.24, 2.45) is 0 Å². The maximum atomic E-state index is 12.2. The van der Waals surface area contributed by atoms with Crippen molar-refractivity contribution in [3.05, 3.63) is 71.8 Å². The van der Waals surface area contributed by atoms with E-state index in [2.05, 4.69) is 6.08 Å². The minimum absolute atomic E-state index is 0.234. The first-order valence-corrected chi connectivity index (χ1v) is 7.67. The van der Waals surface area contributed by atoms with E-state index in [1.54, 1.807) is 17.0 Å². The Morgan fingerprint density at radius 1 is 1.09 bits per heavy atom. The van der Waals surface area contributed by atoms with Crippen LogP contribution in [0.4, 0.5) is 4.79 Å². The lowest BCUT2D eigenvalue weighted by Gasteiger charge is -2.27. The molecule has 3 rings (SSSR count). The van der Waals surface area contributed by atoms with Crippen molar-refractivity contribution in [3.8, 4) is 5.75 Å². The maximum Gasteiger partial charge on any atom is 0.410 e. The van der Waals surface area contributed by atoms with Crippen LogP contribution >= 0.6 is 0 Å². The summed E-state index contributed by atoms with van der Waals surface area (Å²) in [6, 6.07) is 16.8.